The molecule has 0 radical (unpaired) electrons. The maximum absolute atomic E-state index is 12.1. The molecule has 1 amide bonds. The molecule has 0 saturated heterocycles. The van der Waals surface area contributed by atoms with Crippen molar-refractivity contribution in [2.75, 3.05) is 5.32 Å². The predicted molar refractivity (Wildman–Crippen MR) is 116 cm³/mol. The Kier molecular flexibility index (Phi) is 5.24. The van der Waals surface area contributed by atoms with Crippen LogP contribution in [-0.2, 0) is 21.6 Å². The van der Waals surface area contributed by atoms with E-state index in [-0.39, 0.29) is 29.8 Å². The third kappa shape index (κ3) is 4.13. The molecule has 1 aliphatic carbocycles. The zero-order valence-corrected chi connectivity index (χ0v) is 18.2. The van der Waals surface area contributed by atoms with Gasteiger partial charge < -0.3 is 18.7 Å². The zero-order chi connectivity index (χ0) is 23.0. The number of amides is 1. The van der Waals surface area contributed by atoms with Crippen LogP contribution < -0.4 is 5.32 Å². The number of fused-ring (bicyclic) bond motifs is 1. The van der Waals surface area contributed by atoms with Crippen molar-refractivity contribution in [3.63, 3.8) is 0 Å². The average molecular weight is 485 g/mol. The van der Waals surface area contributed by atoms with Crippen LogP contribution in [0.4, 0.5) is 10.5 Å². The molecule has 0 aliphatic heterocycles. The molecule has 0 atom stereocenters. The van der Waals surface area contributed by atoms with Crippen molar-refractivity contribution in [2.45, 2.75) is 24.9 Å². The van der Waals surface area contributed by atoms with Crippen molar-refractivity contribution in [1.82, 2.24) is 14.3 Å². The lowest BCUT2D eigenvalue weighted by Gasteiger charge is -2.07. The normalized spacial score (nSPS) is 13.8. The first kappa shape index (κ1) is 21.0. The summed E-state index contributed by atoms with van der Waals surface area (Å²) in [5.41, 5.74) is 0.392. The Morgan fingerprint density at radius 1 is 1.21 bits per heavy atom. The molecule has 0 unspecified atom stereocenters. The number of rotatable bonds is 5. The Morgan fingerprint density at radius 2 is 2.00 bits per heavy atom. The van der Waals surface area contributed by atoms with Crippen LogP contribution in [0.5, 0.6) is 0 Å². The molecule has 5 rings (SSSR count). The van der Waals surface area contributed by atoms with Crippen LogP contribution in [0.1, 0.15) is 35.9 Å². The Labute approximate surface area is 194 Å². The number of hydrogen-bond acceptors (Lipinski definition) is 9. The van der Waals surface area contributed by atoms with Gasteiger partial charge in [-0.3, -0.25) is 10.1 Å². The first-order valence-electron chi connectivity index (χ1n) is 9.59. The van der Waals surface area contributed by atoms with Crippen LogP contribution in [0.15, 0.2) is 38.5 Å². The molecular formula is C21H13ClN4O6S. The zero-order valence-electron chi connectivity index (χ0n) is 16.6. The summed E-state index contributed by atoms with van der Waals surface area (Å²) < 4.78 is 20.2. The molecule has 4 aromatic rings. The predicted octanol–water partition coefficient (Wildman–Crippen LogP) is 4.19. The largest absolute Gasteiger partial charge is 0.480 e. The van der Waals surface area contributed by atoms with Gasteiger partial charge in [-0.05, 0) is 36.4 Å². The minimum atomic E-state index is -1.09. The summed E-state index contributed by atoms with van der Waals surface area (Å²) in [5, 5.41) is 14.0. The number of carbonyl (C=O) groups excluding carboxylic acids is 1. The summed E-state index contributed by atoms with van der Waals surface area (Å²) >= 11 is 7.15. The van der Waals surface area contributed by atoms with E-state index >= 15 is 0 Å². The molecule has 166 valence electrons. The fourth-order valence-electron chi connectivity index (χ4n) is 2.98. The third-order valence-electron chi connectivity index (χ3n) is 4.96. The van der Waals surface area contributed by atoms with E-state index in [2.05, 4.69) is 31.5 Å². The SMILES string of the molecule is O=C(Nc1csnc1C#Cc1nc2oc(C3(C(=O)O)CC3)nc2o1)OCc1ccccc1Cl. The van der Waals surface area contributed by atoms with E-state index < -0.39 is 17.5 Å². The average Bonchev–Trinajstić information content (AvgIpc) is 3.11. The van der Waals surface area contributed by atoms with Gasteiger partial charge in [0.1, 0.15) is 12.0 Å². The van der Waals surface area contributed by atoms with Gasteiger partial charge in [0, 0.05) is 21.9 Å². The minimum absolute atomic E-state index is 0.0115. The van der Waals surface area contributed by atoms with Gasteiger partial charge in [-0.25, -0.2) is 4.79 Å². The molecule has 1 saturated carbocycles. The van der Waals surface area contributed by atoms with Crippen molar-refractivity contribution >= 4 is 52.3 Å². The summed E-state index contributed by atoms with van der Waals surface area (Å²) in [7, 11) is 0. The van der Waals surface area contributed by atoms with Crippen molar-refractivity contribution < 1.29 is 28.3 Å². The molecule has 1 aromatic carbocycles. The number of anilines is 1. The van der Waals surface area contributed by atoms with Gasteiger partial charge in [-0.15, -0.1) is 0 Å². The van der Waals surface area contributed by atoms with Crippen molar-refractivity contribution in [2.24, 2.45) is 0 Å². The third-order valence-corrected chi connectivity index (χ3v) is 5.95. The summed E-state index contributed by atoms with van der Waals surface area (Å²) in [6.07, 6.45) is 0.229. The number of benzene rings is 1. The van der Waals surface area contributed by atoms with Gasteiger partial charge in [0.15, 0.2) is 5.69 Å². The van der Waals surface area contributed by atoms with Crippen molar-refractivity contribution in [3.8, 4) is 11.8 Å². The number of oxazole rings is 2. The van der Waals surface area contributed by atoms with E-state index in [1.54, 1.807) is 29.6 Å². The quantitative estimate of drug-likeness (QED) is 0.399. The summed E-state index contributed by atoms with van der Waals surface area (Å²) in [4.78, 5) is 31.7. The lowest BCUT2D eigenvalue weighted by atomic mass is 10.1. The molecule has 3 heterocycles. The van der Waals surface area contributed by atoms with Crippen LogP contribution in [0, 0.1) is 11.8 Å². The van der Waals surface area contributed by atoms with E-state index in [0.29, 0.717) is 34.8 Å². The number of carbonyl (C=O) groups is 2. The molecule has 2 N–H and O–H groups in total. The highest BCUT2D eigenvalue weighted by Crippen LogP contribution is 2.48. The van der Waals surface area contributed by atoms with Crippen molar-refractivity contribution in [1.29, 1.82) is 0 Å². The lowest BCUT2D eigenvalue weighted by Crippen LogP contribution is -2.19. The number of ether oxygens (including phenoxy) is 1. The molecule has 3 aromatic heterocycles. The first-order chi connectivity index (χ1) is 15.9. The number of carboxylic acids is 1. The second-order valence-electron chi connectivity index (χ2n) is 7.15. The summed E-state index contributed by atoms with van der Waals surface area (Å²) in [5.74, 6) is 4.56. The first-order valence-corrected chi connectivity index (χ1v) is 10.8. The van der Waals surface area contributed by atoms with Gasteiger partial charge in [0.25, 0.3) is 17.3 Å². The molecule has 0 bridgehead atoms. The molecule has 12 heteroatoms. The molecule has 10 nitrogen and oxygen atoms in total. The van der Waals surface area contributed by atoms with Crippen LogP contribution in [0.25, 0.3) is 11.4 Å². The highest BCUT2D eigenvalue weighted by Gasteiger charge is 2.56. The number of aromatic nitrogens is 3. The van der Waals surface area contributed by atoms with E-state index in [0.717, 1.165) is 11.5 Å². The molecule has 33 heavy (non-hydrogen) atoms. The maximum Gasteiger partial charge on any atom is 0.412 e. The van der Waals surface area contributed by atoms with E-state index in [9.17, 15) is 14.7 Å². The van der Waals surface area contributed by atoms with Gasteiger partial charge in [0.2, 0.25) is 5.89 Å². The Hall–Kier alpha value is -3.88. The van der Waals surface area contributed by atoms with Crippen LogP contribution in [0.3, 0.4) is 0 Å². The number of carboxylic acid groups (broad SMARTS) is 1. The number of aliphatic carboxylic acids is 1. The Balaban J connectivity index is 1.26. The topological polar surface area (TPSA) is 141 Å². The molecule has 1 aliphatic rings. The van der Waals surface area contributed by atoms with Crippen LogP contribution >= 0.6 is 23.1 Å². The second-order valence-corrected chi connectivity index (χ2v) is 8.19. The number of nitrogens with zero attached hydrogens (tertiary/aromatic N) is 3. The van der Waals surface area contributed by atoms with Gasteiger partial charge in [-0.1, -0.05) is 29.8 Å². The molecular weight excluding hydrogens is 472 g/mol. The minimum Gasteiger partial charge on any atom is -0.480 e. The maximum atomic E-state index is 12.1. The van der Waals surface area contributed by atoms with E-state index in [1.165, 1.54) is 0 Å². The smallest absolute Gasteiger partial charge is 0.412 e. The van der Waals surface area contributed by atoms with Gasteiger partial charge >= 0.3 is 12.1 Å². The summed E-state index contributed by atoms with van der Waals surface area (Å²) in [6, 6.07) is 7.05. The van der Waals surface area contributed by atoms with Gasteiger partial charge in [0.05, 0.1) is 5.69 Å². The van der Waals surface area contributed by atoms with Crippen molar-refractivity contribution in [3.05, 3.63) is 57.7 Å². The number of hydrogen-bond donors (Lipinski definition) is 2. The van der Waals surface area contributed by atoms with Crippen LogP contribution in [-0.4, -0.2) is 31.5 Å². The molecule has 1 fully saturated rings. The number of halogens is 1. The Morgan fingerprint density at radius 3 is 2.73 bits per heavy atom. The fraction of sp³-hybridized carbons (Fsp3) is 0.190. The standard InChI is InChI=1S/C21H13ClN4O6S/c22-12-4-2-1-3-11(12)9-30-20(29)23-14-10-33-26-13(14)5-6-15-24-16-17(31-15)25-18(32-16)21(7-8-21)19(27)28/h1-4,10H,7-9H2,(H,23,29)(H,27,28). The van der Waals surface area contributed by atoms with Crippen LogP contribution in [0.2, 0.25) is 5.02 Å². The number of nitrogens with one attached hydrogen (secondary N) is 1. The molecule has 0 spiro atoms. The lowest BCUT2D eigenvalue weighted by molar-refractivity contribution is -0.140. The van der Waals surface area contributed by atoms with E-state index in [1.807, 2.05) is 0 Å². The Bertz CT molecular complexity index is 1410. The second kappa shape index (κ2) is 8.23. The van der Waals surface area contributed by atoms with Gasteiger partial charge in [-0.2, -0.15) is 14.3 Å². The fourth-order valence-corrected chi connectivity index (χ4v) is 3.75. The highest BCUT2D eigenvalue weighted by atomic mass is 35.5. The summed E-state index contributed by atoms with van der Waals surface area (Å²) in [6.45, 7) is 0.0115. The van der Waals surface area contributed by atoms with E-state index in [4.69, 9.17) is 25.2 Å². The monoisotopic (exact) mass is 484 g/mol. The highest BCUT2D eigenvalue weighted by molar-refractivity contribution is 7.04.